The van der Waals surface area contributed by atoms with Crippen LogP contribution in [0.4, 0.5) is 0 Å². The number of hydrogen-bond acceptors (Lipinski definition) is 2. The Labute approximate surface area is 79.3 Å². The Balaban J connectivity index is 2.81. The smallest absolute Gasteiger partial charge is 0.0701 e. The molecule has 1 N–H and O–H groups in total. The summed E-state index contributed by atoms with van der Waals surface area (Å²) in [6, 6.07) is 2.38. The van der Waals surface area contributed by atoms with Crippen molar-refractivity contribution in [2.24, 2.45) is 0 Å². The minimum Gasteiger partial charge on any atom is -0.310 e. The summed E-state index contributed by atoms with van der Waals surface area (Å²) < 4.78 is 1.16. The van der Waals surface area contributed by atoms with Crippen molar-refractivity contribution in [3.05, 3.63) is 33.5 Å². The molecule has 0 bridgehead atoms. The van der Waals surface area contributed by atoms with Gasteiger partial charge in [-0.3, -0.25) is 0 Å². The Morgan fingerprint density at radius 3 is 2.91 bits per heavy atom. The predicted octanol–water partition coefficient (Wildman–Crippen LogP) is 2.96. The molecule has 1 nitrogen and oxygen atoms in total. The summed E-state index contributed by atoms with van der Waals surface area (Å²) in [5.74, 6) is 0. The highest BCUT2D eigenvalue weighted by molar-refractivity contribution is 9.11. The molecule has 1 aromatic heterocycles. The van der Waals surface area contributed by atoms with E-state index in [0.717, 1.165) is 3.79 Å². The van der Waals surface area contributed by atoms with Crippen molar-refractivity contribution in [2.45, 2.75) is 6.04 Å². The summed E-state index contributed by atoms with van der Waals surface area (Å²) in [5, 5.41) is 5.27. The third-order valence-corrected chi connectivity index (χ3v) is 3.02. The molecule has 0 saturated carbocycles. The average molecular weight is 232 g/mol. The van der Waals surface area contributed by atoms with E-state index in [2.05, 4.69) is 39.3 Å². The van der Waals surface area contributed by atoms with E-state index in [1.165, 1.54) is 5.56 Å². The molecule has 0 aliphatic carbocycles. The van der Waals surface area contributed by atoms with Gasteiger partial charge in [0.15, 0.2) is 0 Å². The fourth-order valence-corrected chi connectivity index (χ4v) is 2.12. The number of halogens is 1. The van der Waals surface area contributed by atoms with Crippen LogP contribution in [0, 0.1) is 0 Å². The summed E-state index contributed by atoms with van der Waals surface area (Å²) in [6.07, 6.45) is 1.90. The minimum absolute atomic E-state index is 0.276. The molecule has 3 heteroatoms. The first kappa shape index (κ1) is 8.97. The Kier molecular flexibility index (Phi) is 3.30. The summed E-state index contributed by atoms with van der Waals surface area (Å²) in [7, 11) is 1.93. The second-order valence-corrected chi connectivity index (χ2v) is 4.48. The molecule has 0 spiro atoms. The largest absolute Gasteiger partial charge is 0.310 e. The van der Waals surface area contributed by atoms with Crippen LogP contribution in [0.2, 0.25) is 0 Å². The molecule has 11 heavy (non-hydrogen) atoms. The van der Waals surface area contributed by atoms with Crippen molar-refractivity contribution in [2.75, 3.05) is 7.05 Å². The maximum atomic E-state index is 3.74. The Bertz CT molecular complexity index is 244. The molecule has 1 atom stereocenters. The lowest BCUT2D eigenvalue weighted by atomic mass is 10.1. The van der Waals surface area contributed by atoms with Crippen molar-refractivity contribution in [3.63, 3.8) is 0 Å². The highest BCUT2D eigenvalue weighted by Crippen LogP contribution is 2.25. The average Bonchev–Trinajstić information content (AvgIpc) is 2.39. The monoisotopic (exact) mass is 231 g/mol. The summed E-state index contributed by atoms with van der Waals surface area (Å²) in [6.45, 7) is 3.74. The van der Waals surface area contributed by atoms with Gasteiger partial charge in [0.1, 0.15) is 0 Å². The highest BCUT2D eigenvalue weighted by atomic mass is 79.9. The first-order valence-corrected chi connectivity index (χ1v) is 4.99. The normalized spacial score (nSPS) is 12.9. The topological polar surface area (TPSA) is 12.0 Å². The number of nitrogens with one attached hydrogen (secondary N) is 1. The standard InChI is InChI=1S/C8H10BrNS/c1-3-7(10-2)6-4-8(9)11-5-6/h3-5,7,10H,1H2,2H3. The van der Waals surface area contributed by atoms with Crippen LogP contribution in [0.5, 0.6) is 0 Å². The van der Waals surface area contributed by atoms with Crippen LogP contribution < -0.4 is 5.32 Å². The molecule has 1 heterocycles. The van der Waals surface area contributed by atoms with Crippen molar-refractivity contribution in [1.29, 1.82) is 0 Å². The first-order valence-electron chi connectivity index (χ1n) is 3.31. The molecule has 60 valence electrons. The van der Waals surface area contributed by atoms with Crippen LogP contribution in [-0.4, -0.2) is 7.05 Å². The molecule has 0 amide bonds. The van der Waals surface area contributed by atoms with Crippen LogP contribution in [0.3, 0.4) is 0 Å². The van der Waals surface area contributed by atoms with E-state index in [0.29, 0.717) is 0 Å². The van der Waals surface area contributed by atoms with Gasteiger partial charge < -0.3 is 5.32 Å². The molecular weight excluding hydrogens is 222 g/mol. The lowest BCUT2D eigenvalue weighted by Crippen LogP contribution is -2.12. The minimum atomic E-state index is 0.276. The molecule has 0 fully saturated rings. The van der Waals surface area contributed by atoms with Gasteiger partial charge in [-0.15, -0.1) is 17.9 Å². The fraction of sp³-hybridized carbons (Fsp3) is 0.250. The summed E-state index contributed by atoms with van der Waals surface area (Å²) >= 11 is 5.11. The van der Waals surface area contributed by atoms with Gasteiger partial charge in [-0.2, -0.15) is 0 Å². The molecule has 1 aromatic rings. The third-order valence-electron chi connectivity index (χ3n) is 1.49. The van der Waals surface area contributed by atoms with E-state index < -0.39 is 0 Å². The number of hydrogen-bond donors (Lipinski definition) is 1. The quantitative estimate of drug-likeness (QED) is 0.790. The van der Waals surface area contributed by atoms with Gasteiger partial charge in [-0.25, -0.2) is 0 Å². The van der Waals surface area contributed by atoms with Gasteiger partial charge in [-0.1, -0.05) is 6.08 Å². The van der Waals surface area contributed by atoms with Crippen molar-refractivity contribution in [1.82, 2.24) is 5.32 Å². The Morgan fingerprint density at radius 1 is 1.82 bits per heavy atom. The van der Waals surface area contributed by atoms with E-state index in [9.17, 15) is 0 Å². The van der Waals surface area contributed by atoms with Gasteiger partial charge >= 0.3 is 0 Å². The van der Waals surface area contributed by atoms with E-state index in [4.69, 9.17) is 0 Å². The van der Waals surface area contributed by atoms with Gasteiger partial charge in [0.2, 0.25) is 0 Å². The number of thiophene rings is 1. The van der Waals surface area contributed by atoms with Gasteiger partial charge in [-0.05, 0) is 40.0 Å². The fourth-order valence-electron chi connectivity index (χ4n) is 0.907. The lowest BCUT2D eigenvalue weighted by Gasteiger charge is -2.07. The molecule has 0 aliphatic rings. The molecule has 0 aliphatic heterocycles. The van der Waals surface area contributed by atoms with Crippen LogP contribution in [0.15, 0.2) is 27.9 Å². The predicted molar refractivity (Wildman–Crippen MR) is 54.0 cm³/mol. The molecular formula is C8H10BrNS. The molecule has 1 rings (SSSR count). The van der Waals surface area contributed by atoms with E-state index in [-0.39, 0.29) is 6.04 Å². The second kappa shape index (κ2) is 4.04. The van der Waals surface area contributed by atoms with Crippen molar-refractivity contribution in [3.8, 4) is 0 Å². The van der Waals surface area contributed by atoms with Crippen molar-refractivity contribution >= 4 is 27.3 Å². The van der Waals surface area contributed by atoms with E-state index in [1.54, 1.807) is 11.3 Å². The zero-order valence-electron chi connectivity index (χ0n) is 6.30. The van der Waals surface area contributed by atoms with Crippen LogP contribution >= 0.6 is 27.3 Å². The summed E-state index contributed by atoms with van der Waals surface area (Å²) in [5.41, 5.74) is 1.26. The molecule has 0 saturated heterocycles. The maximum Gasteiger partial charge on any atom is 0.0701 e. The molecule has 0 aromatic carbocycles. The van der Waals surface area contributed by atoms with E-state index in [1.807, 2.05) is 13.1 Å². The maximum absolute atomic E-state index is 3.74. The van der Waals surface area contributed by atoms with Gasteiger partial charge in [0.05, 0.1) is 9.83 Å². The molecule has 0 radical (unpaired) electrons. The Hall–Kier alpha value is -0.120. The van der Waals surface area contributed by atoms with Crippen LogP contribution in [0.25, 0.3) is 0 Å². The second-order valence-electron chi connectivity index (χ2n) is 2.19. The Morgan fingerprint density at radius 2 is 2.55 bits per heavy atom. The highest BCUT2D eigenvalue weighted by Gasteiger charge is 2.05. The van der Waals surface area contributed by atoms with Crippen molar-refractivity contribution < 1.29 is 0 Å². The zero-order chi connectivity index (χ0) is 8.27. The zero-order valence-corrected chi connectivity index (χ0v) is 8.71. The number of rotatable bonds is 3. The molecule has 1 unspecified atom stereocenters. The summed E-state index contributed by atoms with van der Waals surface area (Å²) in [4.78, 5) is 0. The van der Waals surface area contributed by atoms with Gasteiger partial charge in [0, 0.05) is 0 Å². The van der Waals surface area contributed by atoms with Crippen LogP contribution in [-0.2, 0) is 0 Å². The van der Waals surface area contributed by atoms with Gasteiger partial charge in [0.25, 0.3) is 0 Å². The third kappa shape index (κ3) is 2.15. The SMILES string of the molecule is C=CC(NC)c1csc(Br)c1. The van der Waals surface area contributed by atoms with E-state index >= 15 is 0 Å². The first-order chi connectivity index (χ1) is 5.27. The number of likely N-dealkylation sites (N-methyl/N-ethyl adjacent to an activating group) is 1. The lowest BCUT2D eigenvalue weighted by molar-refractivity contribution is 0.719. The van der Waals surface area contributed by atoms with Crippen LogP contribution in [0.1, 0.15) is 11.6 Å².